The molecule has 2 aromatic carbocycles. The first-order valence-electron chi connectivity index (χ1n) is 8.11. The summed E-state index contributed by atoms with van der Waals surface area (Å²) in [4.78, 5) is 16.2. The molecule has 26 heavy (non-hydrogen) atoms. The normalized spacial score (nSPS) is 10.7. The molecule has 1 heterocycles. The number of benzene rings is 2. The van der Waals surface area contributed by atoms with E-state index in [1.54, 1.807) is 19.1 Å². The summed E-state index contributed by atoms with van der Waals surface area (Å²) in [6, 6.07) is 12.5. The van der Waals surface area contributed by atoms with Crippen molar-refractivity contribution in [3.63, 3.8) is 0 Å². The van der Waals surface area contributed by atoms with Crippen LogP contribution in [0.4, 0.5) is 4.39 Å². The molecular weight excluding hydrogens is 401 g/mol. The van der Waals surface area contributed by atoms with Gasteiger partial charge in [0.05, 0.1) is 0 Å². The summed E-state index contributed by atoms with van der Waals surface area (Å²) in [6.07, 6.45) is 0.559. The molecule has 3 aromatic rings. The second kappa shape index (κ2) is 8.23. The summed E-state index contributed by atoms with van der Waals surface area (Å²) in [7, 11) is 0. The Morgan fingerprint density at radius 1 is 1.27 bits per heavy atom. The van der Waals surface area contributed by atoms with Gasteiger partial charge < -0.3 is 9.84 Å². The first-order chi connectivity index (χ1) is 12.5. The first-order valence-corrected chi connectivity index (χ1v) is 8.91. The fraction of sp³-hybridized carbons (Fsp3) is 0.211. The van der Waals surface area contributed by atoms with E-state index in [9.17, 15) is 9.18 Å². The van der Waals surface area contributed by atoms with Crippen molar-refractivity contribution in [1.29, 1.82) is 0 Å². The van der Waals surface area contributed by atoms with Crippen molar-refractivity contribution in [3.8, 4) is 11.4 Å². The van der Waals surface area contributed by atoms with E-state index in [1.807, 2.05) is 24.3 Å². The highest BCUT2D eigenvalue weighted by Crippen LogP contribution is 2.19. The number of hydrogen-bond donors (Lipinski definition) is 1. The van der Waals surface area contributed by atoms with E-state index in [1.165, 1.54) is 6.07 Å². The number of nitrogens with zero attached hydrogens (tertiary/aromatic N) is 2. The molecule has 3 rings (SSSR count). The molecule has 0 bridgehead atoms. The summed E-state index contributed by atoms with van der Waals surface area (Å²) >= 11 is 3.40. The summed E-state index contributed by atoms with van der Waals surface area (Å²) in [6.45, 7) is 2.14. The van der Waals surface area contributed by atoms with Gasteiger partial charge >= 0.3 is 0 Å². The van der Waals surface area contributed by atoms with E-state index in [-0.39, 0.29) is 18.1 Å². The molecule has 7 heteroatoms. The molecule has 1 aromatic heterocycles. The van der Waals surface area contributed by atoms with Gasteiger partial charge in [0.1, 0.15) is 5.82 Å². The van der Waals surface area contributed by atoms with Crippen molar-refractivity contribution in [3.05, 3.63) is 69.8 Å². The summed E-state index contributed by atoms with van der Waals surface area (Å²) < 4.78 is 19.7. The van der Waals surface area contributed by atoms with Crippen LogP contribution in [-0.4, -0.2) is 16.0 Å². The number of carbonyl (C=O) groups is 1. The minimum absolute atomic E-state index is 0.105. The van der Waals surface area contributed by atoms with Gasteiger partial charge in [-0.3, -0.25) is 4.79 Å². The smallest absolute Gasteiger partial charge is 0.227 e. The molecule has 0 saturated carbocycles. The lowest BCUT2D eigenvalue weighted by molar-refractivity contribution is -0.121. The van der Waals surface area contributed by atoms with Gasteiger partial charge in [-0.1, -0.05) is 45.4 Å². The lowest BCUT2D eigenvalue weighted by Crippen LogP contribution is -2.23. The van der Waals surface area contributed by atoms with Crippen molar-refractivity contribution in [1.82, 2.24) is 15.5 Å². The maximum absolute atomic E-state index is 13.6. The third-order valence-electron chi connectivity index (χ3n) is 3.84. The van der Waals surface area contributed by atoms with Gasteiger partial charge in [0.15, 0.2) is 0 Å². The summed E-state index contributed by atoms with van der Waals surface area (Å²) in [5.74, 6) is 0.235. The topological polar surface area (TPSA) is 68.0 Å². The minimum atomic E-state index is -0.319. The van der Waals surface area contributed by atoms with E-state index >= 15 is 0 Å². The number of aromatic nitrogens is 2. The van der Waals surface area contributed by atoms with Gasteiger partial charge in [0.2, 0.25) is 17.6 Å². The Bertz CT molecular complexity index is 927. The van der Waals surface area contributed by atoms with Crippen LogP contribution in [0.3, 0.4) is 0 Å². The van der Waals surface area contributed by atoms with Crippen LogP contribution >= 0.6 is 15.9 Å². The van der Waals surface area contributed by atoms with Crippen LogP contribution < -0.4 is 5.32 Å². The largest absolute Gasteiger partial charge is 0.352 e. The van der Waals surface area contributed by atoms with Crippen molar-refractivity contribution < 1.29 is 13.7 Å². The highest BCUT2D eigenvalue weighted by Gasteiger charge is 2.12. The first kappa shape index (κ1) is 18.3. The number of amides is 1. The number of nitrogens with one attached hydrogen (secondary N) is 1. The molecule has 0 unspecified atom stereocenters. The molecule has 0 aliphatic carbocycles. The average Bonchev–Trinajstić information content (AvgIpc) is 3.09. The van der Waals surface area contributed by atoms with Crippen LogP contribution in [0.15, 0.2) is 51.5 Å². The van der Waals surface area contributed by atoms with Crippen LogP contribution in [0.25, 0.3) is 11.4 Å². The van der Waals surface area contributed by atoms with Gasteiger partial charge in [-0.25, -0.2) is 4.39 Å². The van der Waals surface area contributed by atoms with Crippen LogP contribution in [-0.2, 0) is 17.8 Å². The molecule has 0 aliphatic heterocycles. The Morgan fingerprint density at radius 3 is 2.88 bits per heavy atom. The third-order valence-corrected chi connectivity index (χ3v) is 4.34. The zero-order valence-corrected chi connectivity index (χ0v) is 15.7. The maximum atomic E-state index is 13.6. The summed E-state index contributed by atoms with van der Waals surface area (Å²) in [5, 5.41) is 6.70. The fourth-order valence-electron chi connectivity index (χ4n) is 2.36. The molecule has 1 amide bonds. The van der Waals surface area contributed by atoms with Crippen molar-refractivity contribution >= 4 is 21.8 Å². The molecule has 0 atom stereocenters. The molecule has 0 radical (unpaired) electrons. The monoisotopic (exact) mass is 417 g/mol. The van der Waals surface area contributed by atoms with Gasteiger partial charge in [-0.15, -0.1) is 0 Å². The number of carbonyl (C=O) groups excluding carboxylic acids is 1. The van der Waals surface area contributed by atoms with Crippen molar-refractivity contribution in [2.75, 3.05) is 0 Å². The quantitative estimate of drug-likeness (QED) is 0.652. The Labute approximate surface area is 158 Å². The Kier molecular flexibility index (Phi) is 5.78. The fourth-order valence-corrected chi connectivity index (χ4v) is 2.81. The van der Waals surface area contributed by atoms with E-state index in [0.29, 0.717) is 35.8 Å². The molecule has 1 N–H and O–H groups in total. The molecule has 5 nitrogen and oxygen atoms in total. The zero-order valence-electron chi connectivity index (χ0n) is 14.1. The van der Waals surface area contributed by atoms with Gasteiger partial charge in [0.25, 0.3) is 0 Å². The van der Waals surface area contributed by atoms with Crippen LogP contribution in [0.1, 0.15) is 23.4 Å². The van der Waals surface area contributed by atoms with E-state index in [4.69, 9.17) is 4.52 Å². The average molecular weight is 418 g/mol. The molecule has 0 fully saturated rings. The maximum Gasteiger partial charge on any atom is 0.227 e. The molecule has 0 aliphatic rings. The van der Waals surface area contributed by atoms with Gasteiger partial charge in [-0.05, 0) is 36.2 Å². The predicted molar refractivity (Wildman–Crippen MR) is 98.7 cm³/mol. The molecular formula is C19H17BrFN3O2. The van der Waals surface area contributed by atoms with Crippen LogP contribution in [0.5, 0.6) is 0 Å². The minimum Gasteiger partial charge on any atom is -0.352 e. The van der Waals surface area contributed by atoms with Gasteiger partial charge in [-0.2, -0.15) is 4.98 Å². The summed E-state index contributed by atoms with van der Waals surface area (Å²) in [5.41, 5.74) is 2.11. The third kappa shape index (κ3) is 4.76. The second-order valence-corrected chi connectivity index (χ2v) is 6.80. The number of rotatable bonds is 6. The van der Waals surface area contributed by atoms with Gasteiger partial charge in [0, 0.05) is 29.4 Å². The van der Waals surface area contributed by atoms with E-state index in [0.717, 1.165) is 10.0 Å². The van der Waals surface area contributed by atoms with Crippen LogP contribution in [0, 0.1) is 12.7 Å². The van der Waals surface area contributed by atoms with E-state index in [2.05, 4.69) is 31.4 Å². The van der Waals surface area contributed by atoms with Crippen molar-refractivity contribution in [2.24, 2.45) is 0 Å². The molecule has 0 saturated heterocycles. The Morgan fingerprint density at radius 2 is 2.12 bits per heavy atom. The number of hydrogen-bond acceptors (Lipinski definition) is 4. The predicted octanol–water partition coefficient (Wildman–Crippen LogP) is 4.20. The standard InChI is InChI=1S/C19H17BrFN3O2/c1-12-5-6-14(10-16(12)21)19-23-18(26-24-19)8-7-17(25)22-11-13-3-2-4-15(20)9-13/h2-6,9-10H,7-8,11H2,1H3,(H,22,25). The lowest BCUT2D eigenvalue weighted by atomic mass is 10.1. The number of halogens is 2. The lowest BCUT2D eigenvalue weighted by Gasteiger charge is -2.04. The highest BCUT2D eigenvalue weighted by atomic mass is 79.9. The highest BCUT2D eigenvalue weighted by molar-refractivity contribution is 9.10. The molecule has 0 spiro atoms. The Balaban J connectivity index is 1.52. The SMILES string of the molecule is Cc1ccc(-c2noc(CCC(=O)NCc3cccc(Br)c3)n2)cc1F. The van der Waals surface area contributed by atoms with Crippen LogP contribution in [0.2, 0.25) is 0 Å². The Hall–Kier alpha value is -2.54. The van der Waals surface area contributed by atoms with Crippen molar-refractivity contribution in [2.45, 2.75) is 26.3 Å². The second-order valence-electron chi connectivity index (χ2n) is 5.88. The molecule has 134 valence electrons. The number of aryl methyl sites for hydroxylation is 2. The zero-order chi connectivity index (χ0) is 18.5. The van der Waals surface area contributed by atoms with E-state index < -0.39 is 0 Å².